The van der Waals surface area contributed by atoms with Gasteiger partial charge in [0.05, 0.1) is 12.9 Å². The minimum atomic E-state index is -0.833. The van der Waals surface area contributed by atoms with Gasteiger partial charge in [0.15, 0.2) is 0 Å². The van der Waals surface area contributed by atoms with Crippen molar-refractivity contribution in [2.24, 2.45) is 0 Å². The zero-order chi connectivity index (χ0) is 13.6. The first kappa shape index (κ1) is 19.7. The Kier molecular flexibility index (Phi) is 19.2. The quantitative estimate of drug-likeness (QED) is 0.573. The second-order valence-electron chi connectivity index (χ2n) is 2.22. The third-order valence-electron chi connectivity index (χ3n) is 0.597. The predicted octanol–water partition coefficient (Wildman–Crippen LogP) is 1.35. The van der Waals surface area contributed by atoms with E-state index in [0.29, 0.717) is 6.61 Å². The van der Waals surface area contributed by atoms with Crippen molar-refractivity contribution in [1.82, 2.24) is 0 Å². The second-order valence-corrected chi connectivity index (χ2v) is 2.22. The molecular weight excluding hydrogens is 216 g/mol. The average Bonchev–Trinajstić information content (AvgIpc) is 2.02. The van der Waals surface area contributed by atoms with E-state index in [9.17, 15) is 9.59 Å². The van der Waals surface area contributed by atoms with Gasteiger partial charge in [0.2, 0.25) is 0 Å². The molecule has 1 N–H and O–H groups in total. The van der Waals surface area contributed by atoms with E-state index >= 15 is 0 Å². The number of carboxylic acid groups (broad SMARTS) is 1. The highest BCUT2D eigenvalue weighted by molar-refractivity contribution is 5.66. The van der Waals surface area contributed by atoms with E-state index in [-0.39, 0.29) is 11.9 Å². The van der Waals surface area contributed by atoms with Crippen LogP contribution in [0, 0.1) is 0 Å². The minimum Gasteiger partial charge on any atom is -0.481 e. The van der Waals surface area contributed by atoms with E-state index < -0.39 is 5.97 Å². The molecule has 0 fully saturated rings. The Labute approximate surface area is 94.9 Å². The lowest BCUT2D eigenvalue weighted by Crippen LogP contribution is -1.95. The molecule has 16 heavy (non-hydrogen) atoms. The summed E-state index contributed by atoms with van der Waals surface area (Å²) >= 11 is 0. The van der Waals surface area contributed by atoms with Gasteiger partial charge in [-0.05, 0) is 6.92 Å². The van der Waals surface area contributed by atoms with Gasteiger partial charge in [-0.15, -0.1) is 0 Å². The SMILES string of the molecule is C=COC(C)=O.CC(=O)O.CCOC(C)=O. The molecule has 0 radical (unpaired) electrons. The van der Waals surface area contributed by atoms with Crippen LogP contribution in [0.25, 0.3) is 0 Å². The number of rotatable bonds is 2. The van der Waals surface area contributed by atoms with Gasteiger partial charge in [-0.1, -0.05) is 6.58 Å². The van der Waals surface area contributed by atoms with Crippen LogP contribution in [0.4, 0.5) is 0 Å². The lowest BCUT2D eigenvalue weighted by molar-refractivity contribution is -0.140. The molecule has 6 heteroatoms. The summed E-state index contributed by atoms with van der Waals surface area (Å²) in [5.74, 6) is -1.37. The molecule has 0 heterocycles. The van der Waals surface area contributed by atoms with Gasteiger partial charge < -0.3 is 14.6 Å². The summed E-state index contributed by atoms with van der Waals surface area (Å²) < 4.78 is 8.57. The molecule has 0 aliphatic carbocycles. The first-order valence-corrected chi connectivity index (χ1v) is 4.38. The van der Waals surface area contributed by atoms with Crippen molar-refractivity contribution in [3.05, 3.63) is 12.8 Å². The van der Waals surface area contributed by atoms with Crippen LogP contribution in [0.15, 0.2) is 12.8 Å². The molecule has 0 unspecified atom stereocenters. The topological polar surface area (TPSA) is 89.9 Å². The molecule has 0 rings (SSSR count). The molecule has 0 spiro atoms. The molecule has 0 aromatic heterocycles. The third kappa shape index (κ3) is 87.7. The van der Waals surface area contributed by atoms with Crippen molar-refractivity contribution in [3.63, 3.8) is 0 Å². The lowest BCUT2D eigenvalue weighted by Gasteiger charge is -1.89. The Bertz CT molecular complexity index is 217. The highest BCUT2D eigenvalue weighted by atomic mass is 16.5. The second kappa shape index (κ2) is 15.6. The molecule has 6 nitrogen and oxygen atoms in total. The maximum absolute atomic E-state index is 9.82. The molecule has 0 aromatic rings. The van der Waals surface area contributed by atoms with E-state index in [1.807, 2.05) is 0 Å². The number of carbonyl (C=O) groups excluding carboxylic acids is 2. The number of hydrogen-bond donors (Lipinski definition) is 1. The predicted molar refractivity (Wildman–Crippen MR) is 57.6 cm³/mol. The summed E-state index contributed by atoms with van der Waals surface area (Å²) in [5, 5.41) is 7.42. The Morgan fingerprint density at radius 2 is 1.56 bits per heavy atom. The van der Waals surface area contributed by atoms with E-state index in [1.165, 1.54) is 13.8 Å². The number of ether oxygens (including phenoxy) is 2. The first-order valence-electron chi connectivity index (χ1n) is 4.38. The lowest BCUT2D eigenvalue weighted by atomic mass is 10.8. The molecule has 0 atom stereocenters. The van der Waals surface area contributed by atoms with Crippen LogP contribution in [0.3, 0.4) is 0 Å². The van der Waals surface area contributed by atoms with Crippen molar-refractivity contribution in [2.75, 3.05) is 6.61 Å². The minimum absolute atomic E-state index is 0.211. The van der Waals surface area contributed by atoms with Gasteiger partial charge in [-0.3, -0.25) is 14.4 Å². The molecular formula is C10H18O6. The summed E-state index contributed by atoms with van der Waals surface area (Å²) in [5.41, 5.74) is 0. The average molecular weight is 234 g/mol. The Morgan fingerprint density at radius 1 is 1.19 bits per heavy atom. The standard InChI is InChI=1S/C4H8O2.C4H6O2.C2H4O2/c2*1-3-6-4(2)5;1-2(3)4/h3H2,1-2H3;3H,1H2,2H3;1H3,(H,3,4). The fourth-order valence-electron chi connectivity index (χ4n) is 0.321. The number of carboxylic acids is 1. The maximum atomic E-state index is 9.82. The van der Waals surface area contributed by atoms with Crippen molar-refractivity contribution >= 4 is 17.9 Å². The normalized spacial score (nSPS) is 7.00. The van der Waals surface area contributed by atoms with Crippen molar-refractivity contribution in [1.29, 1.82) is 0 Å². The van der Waals surface area contributed by atoms with Crippen LogP contribution in [0.1, 0.15) is 27.7 Å². The highest BCUT2D eigenvalue weighted by Crippen LogP contribution is 1.70. The summed E-state index contributed by atoms with van der Waals surface area (Å²) in [7, 11) is 0. The number of esters is 2. The van der Waals surface area contributed by atoms with Crippen LogP contribution in [0.2, 0.25) is 0 Å². The van der Waals surface area contributed by atoms with Crippen LogP contribution >= 0.6 is 0 Å². The first-order chi connectivity index (χ1) is 7.27. The van der Waals surface area contributed by atoms with Crippen molar-refractivity contribution < 1.29 is 29.0 Å². The fourth-order valence-corrected chi connectivity index (χ4v) is 0.321. The zero-order valence-corrected chi connectivity index (χ0v) is 9.98. The molecule has 0 saturated carbocycles. The van der Waals surface area contributed by atoms with Gasteiger partial charge in [-0.25, -0.2) is 0 Å². The monoisotopic (exact) mass is 234 g/mol. The van der Waals surface area contributed by atoms with Gasteiger partial charge in [0, 0.05) is 20.8 Å². The summed E-state index contributed by atoms with van der Waals surface area (Å²) in [6.45, 7) is 9.22. The van der Waals surface area contributed by atoms with Gasteiger partial charge in [-0.2, -0.15) is 0 Å². The molecule has 0 amide bonds. The number of aliphatic carboxylic acids is 1. The molecule has 0 aliphatic rings. The van der Waals surface area contributed by atoms with E-state index in [2.05, 4.69) is 16.1 Å². The van der Waals surface area contributed by atoms with Gasteiger partial charge in [0.25, 0.3) is 5.97 Å². The summed E-state index contributed by atoms with van der Waals surface area (Å²) in [4.78, 5) is 28.6. The van der Waals surface area contributed by atoms with Gasteiger partial charge in [0.1, 0.15) is 0 Å². The van der Waals surface area contributed by atoms with Crippen LogP contribution < -0.4 is 0 Å². The summed E-state index contributed by atoms with van der Waals surface area (Å²) in [6.07, 6.45) is 1.10. The molecule has 0 aliphatic heterocycles. The molecule has 0 saturated heterocycles. The van der Waals surface area contributed by atoms with Crippen LogP contribution in [0.5, 0.6) is 0 Å². The fraction of sp³-hybridized carbons (Fsp3) is 0.500. The molecule has 0 bridgehead atoms. The van der Waals surface area contributed by atoms with Crippen LogP contribution in [-0.2, 0) is 23.9 Å². The highest BCUT2D eigenvalue weighted by Gasteiger charge is 1.81. The summed E-state index contributed by atoms with van der Waals surface area (Å²) in [6, 6.07) is 0. The van der Waals surface area contributed by atoms with E-state index in [4.69, 9.17) is 9.90 Å². The van der Waals surface area contributed by atoms with E-state index in [1.54, 1.807) is 6.92 Å². The molecule has 94 valence electrons. The Hall–Kier alpha value is -1.85. The number of carbonyl (C=O) groups is 3. The van der Waals surface area contributed by atoms with E-state index in [0.717, 1.165) is 13.2 Å². The maximum Gasteiger partial charge on any atom is 0.307 e. The number of hydrogen-bond acceptors (Lipinski definition) is 5. The third-order valence-corrected chi connectivity index (χ3v) is 0.597. The van der Waals surface area contributed by atoms with Crippen LogP contribution in [-0.4, -0.2) is 29.6 Å². The largest absolute Gasteiger partial charge is 0.481 e. The van der Waals surface area contributed by atoms with Crippen molar-refractivity contribution in [3.8, 4) is 0 Å². The smallest absolute Gasteiger partial charge is 0.307 e. The van der Waals surface area contributed by atoms with Crippen molar-refractivity contribution in [2.45, 2.75) is 27.7 Å². The Balaban J connectivity index is -0.000000162. The Morgan fingerprint density at radius 3 is 1.56 bits per heavy atom. The molecule has 0 aromatic carbocycles. The zero-order valence-electron chi connectivity index (χ0n) is 9.98. The van der Waals surface area contributed by atoms with Gasteiger partial charge >= 0.3 is 11.9 Å².